The average Bonchev–Trinajstić information content (AvgIpc) is 2.63. The summed E-state index contributed by atoms with van der Waals surface area (Å²) in [5.74, 6) is -0.357. The van der Waals surface area contributed by atoms with Crippen molar-refractivity contribution in [1.82, 2.24) is 14.9 Å². The quantitative estimate of drug-likeness (QED) is 0.740. The molecule has 1 aromatic heterocycles. The molecule has 0 aliphatic heterocycles. The standard InChI is InChI=1S/C18H17N3O3/c22-16(13-6-2-1-3-7-13)10-19-17(23)11-21-12-20-15-9-5-4-8-14(15)18(21)24/h1-9,12,16,22H,10-11H2,(H,19,23). The molecule has 0 spiro atoms. The van der Waals surface area contributed by atoms with Crippen molar-refractivity contribution < 1.29 is 9.90 Å². The van der Waals surface area contributed by atoms with Gasteiger partial charge in [0.25, 0.3) is 5.56 Å². The lowest BCUT2D eigenvalue weighted by Gasteiger charge is -2.12. The molecule has 122 valence electrons. The zero-order valence-corrected chi connectivity index (χ0v) is 12.9. The minimum atomic E-state index is -0.790. The fraction of sp³-hybridized carbons (Fsp3) is 0.167. The van der Waals surface area contributed by atoms with Crippen molar-refractivity contribution in [2.24, 2.45) is 0 Å². The van der Waals surface area contributed by atoms with Crippen LogP contribution in [0.1, 0.15) is 11.7 Å². The van der Waals surface area contributed by atoms with E-state index in [0.29, 0.717) is 10.9 Å². The molecule has 0 radical (unpaired) electrons. The largest absolute Gasteiger partial charge is 0.387 e. The second kappa shape index (κ2) is 7.06. The molecule has 0 saturated carbocycles. The first-order valence-corrected chi connectivity index (χ1v) is 7.59. The summed E-state index contributed by atoms with van der Waals surface area (Å²) in [7, 11) is 0. The number of amides is 1. The Morgan fingerprint density at radius 3 is 2.62 bits per heavy atom. The molecule has 1 heterocycles. The van der Waals surface area contributed by atoms with Crippen LogP contribution in [0, 0.1) is 0 Å². The molecule has 0 fully saturated rings. The van der Waals surface area contributed by atoms with E-state index in [1.54, 1.807) is 36.4 Å². The van der Waals surface area contributed by atoms with E-state index >= 15 is 0 Å². The van der Waals surface area contributed by atoms with Crippen molar-refractivity contribution in [1.29, 1.82) is 0 Å². The number of para-hydroxylation sites is 1. The van der Waals surface area contributed by atoms with Gasteiger partial charge < -0.3 is 10.4 Å². The Balaban J connectivity index is 1.65. The van der Waals surface area contributed by atoms with Crippen LogP contribution in [0.4, 0.5) is 0 Å². The highest BCUT2D eigenvalue weighted by atomic mass is 16.3. The van der Waals surface area contributed by atoms with Crippen molar-refractivity contribution in [3.05, 3.63) is 76.8 Å². The molecular weight excluding hydrogens is 306 g/mol. The van der Waals surface area contributed by atoms with E-state index in [1.165, 1.54) is 10.9 Å². The summed E-state index contributed by atoms with van der Waals surface area (Å²) < 4.78 is 1.26. The molecule has 1 atom stereocenters. The second-order valence-electron chi connectivity index (χ2n) is 5.43. The van der Waals surface area contributed by atoms with Gasteiger partial charge in [0.2, 0.25) is 5.91 Å². The lowest BCUT2D eigenvalue weighted by atomic mass is 10.1. The number of fused-ring (bicyclic) bond motifs is 1. The zero-order valence-electron chi connectivity index (χ0n) is 12.9. The molecule has 1 unspecified atom stereocenters. The van der Waals surface area contributed by atoms with Crippen LogP contribution in [0.2, 0.25) is 0 Å². The number of aliphatic hydroxyl groups is 1. The number of rotatable bonds is 5. The van der Waals surface area contributed by atoms with Crippen LogP contribution in [-0.4, -0.2) is 27.1 Å². The predicted molar refractivity (Wildman–Crippen MR) is 90.4 cm³/mol. The molecular formula is C18H17N3O3. The summed E-state index contributed by atoms with van der Waals surface area (Å²) in [5.41, 5.74) is 1.06. The van der Waals surface area contributed by atoms with Crippen LogP contribution in [0.25, 0.3) is 10.9 Å². The fourth-order valence-corrected chi connectivity index (χ4v) is 2.43. The van der Waals surface area contributed by atoms with Crippen molar-refractivity contribution in [3.63, 3.8) is 0 Å². The molecule has 0 aliphatic carbocycles. The van der Waals surface area contributed by atoms with Gasteiger partial charge in [0.1, 0.15) is 6.54 Å². The summed E-state index contributed by atoms with van der Waals surface area (Å²) in [6.45, 7) is -0.0587. The molecule has 2 aromatic carbocycles. The van der Waals surface area contributed by atoms with Gasteiger partial charge >= 0.3 is 0 Å². The minimum Gasteiger partial charge on any atom is -0.387 e. The lowest BCUT2D eigenvalue weighted by molar-refractivity contribution is -0.122. The molecule has 24 heavy (non-hydrogen) atoms. The number of aromatic nitrogens is 2. The van der Waals surface area contributed by atoms with E-state index in [0.717, 1.165) is 5.56 Å². The van der Waals surface area contributed by atoms with E-state index in [4.69, 9.17) is 0 Å². The maximum absolute atomic E-state index is 12.3. The monoisotopic (exact) mass is 323 g/mol. The van der Waals surface area contributed by atoms with Gasteiger partial charge in [0.05, 0.1) is 23.3 Å². The zero-order chi connectivity index (χ0) is 16.9. The van der Waals surface area contributed by atoms with Crippen molar-refractivity contribution in [3.8, 4) is 0 Å². The van der Waals surface area contributed by atoms with Gasteiger partial charge in [0, 0.05) is 6.54 Å². The topological polar surface area (TPSA) is 84.2 Å². The van der Waals surface area contributed by atoms with Crippen LogP contribution >= 0.6 is 0 Å². The Morgan fingerprint density at radius 2 is 1.83 bits per heavy atom. The van der Waals surface area contributed by atoms with Crippen molar-refractivity contribution in [2.45, 2.75) is 12.6 Å². The SMILES string of the molecule is O=C(Cn1cnc2ccccc2c1=O)NCC(O)c1ccccc1. The van der Waals surface area contributed by atoms with Gasteiger partial charge in [-0.3, -0.25) is 14.2 Å². The van der Waals surface area contributed by atoms with Crippen molar-refractivity contribution in [2.75, 3.05) is 6.54 Å². The Hall–Kier alpha value is -2.99. The number of aliphatic hydroxyl groups excluding tert-OH is 1. The summed E-state index contributed by atoms with van der Waals surface area (Å²) in [6.07, 6.45) is 0.569. The number of nitrogens with zero attached hydrogens (tertiary/aromatic N) is 2. The third-order valence-electron chi connectivity index (χ3n) is 3.72. The fourth-order valence-electron chi connectivity index (χ4n) is 2.43. The molecule has 3 rings (SSSR count). The minimum absolute atomic E-state index is 0.0820. The Morgan fingerprint density at radius 1 is 1.12 bits per heavy atom. The molecule has 3 aromatic rings. The number of nitrogens with one attached hydrogen (secondary N) is 1. The van der Waals surface area contributed by atoms with Gasteiger partial charge in [-0.25, -0.2) is 4.98 Å². The maximum Gasteiger partial charge on any atom is 0.261 e. The van der Waals surface area contributed by atoms with Gasteiger partial charge in [-0.15, -0.1) is 0 Å². The van der Waals surface area contributed by atoms with Gasteiger partial charge in [-0.1, -0.05) is 42.5 Å². The Labute approximate surface area is 138 Å². The van der Waals surface area contributed by atoms with E-state index < -0.39 is 6.10 Å². The van der Waals surface area contributed by atoms with Crippen LogP contribution < -0.4 is 10.9 Å². The Kier molecular flexibility index (Phi) is 4.67. The second-order valence-corrected chi connectivity index (χ2v) is 5.43. The van der Waals surface area contributed by atoms with Gasteiger partial charge in [-0.05, 0) is 17.7 Å². The van der Waals surface area contributed by atoms with Crippen LogP contribution in [0.15, 0.2) is 65.7 Å². The molecule has 1 amide bonds. The van der Waals surface area contributed by atoms with Gasteiger partial charge in [0.15, 0.2) is 0 Å². The molecule has 0 saturated heterocycles. The number of carbonyl (C=O) groups excluding carboxylic acids is 1. The third-order valence-corrected chi connectivity index (χ3v) is 3.72. The molecule has 6 heteroatoms. The van der Waals surface area contributed by atoms with E-state index in [2.05, 4.69) is 10.3 Å². The number of hydrogen-bond donors (Lipinski definition) is 2. The molecule has 2 N–H and O–H groups in total. The first-order valence-electron chi connectivity index (χ1n) is 7.59. The highest BCUT2D eigenvalue weighted by Crippen LogP contribution is 2.10. The summed E-state index contributed by atoms with van der Waals surface area (Å²) in [6, 6.07) is 16.1. The van der Waals surface area contributed by atoms with E-state index in [9.17, 15) is 14.7 Å². The Bertz CT molecular complexity index is 906. The molecule has 0 aliphatic rings. The smallest absolute Gasteiger partial charge is 0.261 e. The van der Waals surface area contributed by atoms with Gasteiger partial charge in [-0.2, -0.15) is 0 Å². The number of benzene rings is 2. The summed E-state index contributed by atoms with van der Waals surface area (Å²) in [4.78, 5) is 28.5. The average molecular weight is 323 g/mol. The van der Waals surface area contributed by atoms with Crippen molar-refractivity contribution >= 4 is 16.8 Å². The lowest BCUT2D eigenvalue weighted by Crippen LogP contribution is -2.34. The molecule has 6 nitrogen and oxygen atoms in total. The highest BCUT2D eigenvalue weighted by Gasteiger charge is 2.11. The van der Waals surface area contributed by atoms with E-state index in [1.807, 2.05) is 18.2 Å². The number of carbonyl (C=O) groups is 1. The predicted octanol–water partition coefficient (Wildman–Crippen LogP) is 1.25. The third kappa shape index (κ3) is 3.49. The maximum atomic E-state index is 12.3. The first-order chi connectivity index (χ1) is 11.6. The normalized spacial score (nSPS) is 12.0. The first kappa shape index (κ1) is 15.9. The molecule has 0 bridgehead atoms. The summed E-state index contributed by atoms with van der Waals surface area (Å²) in [5, 5.41) is 13.1. The highest BCUT2D eigenvalue weighted by molar-refractivity contribution is 5.78. The van der Waals surface area contributed by atoms with Crippen LogP contribution in [0.5, 0.6) is 0 Å². The van der Waals surface area contributed by atoms with Crippen LogP contribution in [0.3, 0.4) is 0 Å². The number of hydrogen-bond acceptors (Lipinski definition) is 4. The summed E-state index contributed by atoms with van der Waals surface area (Å²) >= 11 is 0. The van der Waals surface area contributed by atoms with E-state index in [-0.39, 0.29) is 24.6 Å². The van der Waals surface area contributed by atoms with Crippen LogP contribution in [-0.2, 0) is 11.3 Å².